The Morgan fingerprint density at radius 1 is 1.36 bits per heavy atom. The number of nitrogens with zero attached hydrogens (tertiary/aromatic N) is 1. The molecule has 0 N–H and O–H groups in total. The SMILES string of the molecule is Cc1ccc(Br)c(OCCN(C)C)c1. The second-order valence-corrected chi connectivity index (χ2v) is 4.44. The standard InChI is InChI=1S/C11H16BrNO/c1-9-4-5-10(12)11(8-9)14-7-6-13(2)3/h4-5,8H,6-7H2,1-3H3. The van der Waals surface area contributed by atoms with Crippen molar-refractivity contribution in [1.29, 1.82) is 0 Å². The van der Waals surface area contributed by atoms with Gasteiger partial charge in [-0.15, -0.1) is 0 Å². The summed E-state index contributed by atoms with van der Waals surface area (Å²) >= 11 is 3.46. The molecule has 0 amide bonds. The molecule has 0 unspecified atom stereocenters. The van der Waals surface area contributed by atoms with Crippen molar-refractivity contribution in [3.8, 4) is 5.75 Å². The summed E-state index contributed by atoms with van der Waals surface area (Å²) in [6.07, 6.45) is 0. The fourth-order valence-corrected chi connectivity index (χ4v) is 1.42. The molecule has 0 aliphatic rings. The van der Waals surface area contributed by atoms with Gasteiger partial charge < -0.3 is 9.64 Å². The van der Waals surface area contributed by atoms with E-state index in [1.54, 1.807) is 0 Å². The number of rotatable bonds is 4. The first kappa shape index (κ1) is 11.5. The number of benzene rings is 1. The summed E-state index contributed by atoms with van der Waals surface area (Å²) in [5.41, 5.74) is 1.22. The first-order chi connectivity index (χ1) is 6.59. The summed E-state index contributed by atoms with van der Waals surface area (Å²) in [7, 11) is 4.07. The van der Waals surface area contributed by atoms with Gasteiger partial charge in [0.15, 0.2) is 0 Å². The van der Waals surface area contributed by atoms with Crippen molar-refractivity contribution >= 4 is 15.9 Å². The Kier molecular flexibility index (Phi) is 4.42. The third kappa shape index (κ3) is 3.68. The number of likely N-dealkylation sites (N-methyl/N-ethyl adjacent to an activating group) is 1. The second kappa shape index (κ2) is 5.37. The lowest BCUT2D eigenvalue weighted by Gasteiger charge is -2.12. The third-order valence-corrected chi connectivity index (χ3v) is 2.54. The van der Waals surface area contributed by atoms with Crippen LogP contribution >= 0.6 is 15.9 Å². The summed E-state index contributed by atoms with van der Waals surface area (Å²) < 4.78 is 6.66. The highest BCUT2D eigenvalue weighted by molar-refractivity contribution is 9.10. The maximum atomic E-state index is 5.64. The van der Waals surface area contributed by atoms with Crippen LogP contribution in [0.4, 0.5) is 0 Å². The Morgan fingerprint density at radius 2 is 2.07 bits per heavy atom. The molecular formula is C11H16BrNO. The smallest absolute Gasteiger partial charge is 0.133 e. The van der Waals surface area contributed by atoms with Gasteiger partial charge in [0.2, 0.25) is 0 Å². The summed E-state index contributed by atoms with van der Waals surface area (Å²) in [5.74, 6) is 0.923. The highest BCUT2D eigenvalue weighted by Gasteiger charge is 2.00. The molecule has 0 spiro atoms. The molecule has 0 bridgehead atoms. The first-order valence-corrected chi connectivity index (χ1v) is 5.42. The molecule has 0 aliphatic carbocycles. The van der Waals surface area contributed by atoms with Crippen LogP contribution in [-0.4, -0.2) is 32.1 Å². The minimum Gasteiger partial charge on any atom is -0.491 e. The molecule has 1 aromatic rings. The van der Waals surface area contributed by atoms with Crippen molar-refractivity contribution in [3.63, 3.8) is 0 Å². The Labute approximate surface area is 94.0 Å². The van der Waals surface area contributed by atoms with Crippen molar-refractivity contribution < 1.29 is 4.74 Å². The van der Waals surface area contributed by atoms with Gasteiger partial charge in [-0.05, 0) is 54.6 Å². The molecule has 0 aromatic heterocycles. The zero-order valence-electron chi connectivity index (χ0n) is 8.88. The van der Waals surface area contributed by atoms with Crippen molar-refractivity contribution in [1.82, 2.24) is 4.90 Å². The minimum absolute atomic E-state index is 0.717. The van der Waals surface area contributed by atoms with Gasteiger partial charge in [0.05, 0.1) is 4.47 Å². The topological polar surface area (TPSA) is 12.5 Å². The Balaban J connectivity index is 2.53. The molecule has 0 aliphatic heterocycles. The lowest BCUT2D eigenvalue weighted by Crippen LogP contribution is -2.19. The molecular weight excluding hydrogens is 242 g/mol. The second-order valence-electron chi connectivity index (χ2n) is 3.59. The van der Waals surface area contributed by atoms with Crippen molar-refractivity contribution in [3.05, 3.63) is 28.2 Å². The summed E-state index contributed by atoms with van der Waals surface area (Å²) in [5, 5.41) is 0. The molecule has 3 heteroatoms. The molecule has 0 saturated carbocycles. The molecule has 0 heterocycles. The predicted molar refractivity (Wildman–Crippen MR) is 62.9 cm³/mol. The maximum absolute atomic E-state index is 5.64. The quantitative estimate of drug-likeness (QED) is 0.823. The van der Waals surface area contributed by atoms with E-state index in [0.29, 0.717) is 0 Å². The van der Waals surface area contributed by atoms with Crippen LogP contribution in [0.15, 0.2) is 22.7 Å². The van der Waals surface area contributed by atoms with E-state index in [2.05, 4.69) is 33.8 Å². The molecule has 1 rings (SSSR count). The summed E-state index contributed by atoms with van der Waals surface area (Å²) in [6, 6.07) is 6.11. The molecule has 2 nitrogen and oxygen atoms in total. The van der Waals surface area contributed by atoms with Gasteiger partial charge in [-0.25, -0.2) is 0 Å². The highest BCUT2D eigenvalue weighted by Crippen LogP contribution is 2.25. The van der Waals surface area contributed by atoms with Crippen LogP contribution in [0.2, 0.25) is 0 Å². The van der Waals surface area contributed by atoms with E-state index in [-0.39, 0.29) is 0 Å². The van der Waals surface area contributed by atoms with Gasteiger partial charge in [0, 0.05) is 6.54 Å². The van der Waals surface area contributed by atoms with E-state index < -0.39 is 0 Å². The van der Waals surface area contributed by atoms with Crippen LogP contribution in [0.1, 0.15) is 5.56 Å². The van der Waals surface area contributed by atoms with E-state index in [4.69, 9.17) is 4.74 Å². The van der Waals surface area contributed by atoms with Gasteiger partial charge in [-0.3, -0.25) is 0 Å². The van der Waals surface area contributed by atoms with Crippen LogP contribution in [0.5, 0.6) is 5.75 Å². The maximum Gasteiger partial charge on any atom is 0.133 e. The normalized spacial score (nSPS) is 10.6. The van der Waals surface area contributed by atoms with Gasteiger partial charge in [0.1, 0.15) is 12.4 Å². The van der Waals surface area contributed by atoms with E-state index in [0.717, 1.165) is 23.4 Å². The van der Waals surface area contributed by atoms with Crippen LogP contribution in [0, 0.1) is 6.92 Å². The molecule has 1 aromatic carbocycles. The molecule has 0 fully saturated rings. The zero-order valence-corrected chi connectivity index (χ0v) is 10.5. The van der Waals surface area contributed by atoms with Crippen molar-refractivity contribution in [2.45, 2.75) is 6.92 Å². The summed E-state index contributed by atoms with van der Waals surface area (Å²) in [4.78, 5) is 2.10. The molecule has 0 saturated heterocycles. The van der Waals surface area contributed by atoms with Gasteiger partial charge in [-0.2, -0.15) is 0 Å². The number of aryl methyl sites for hydroxylation is 1. The average Bonchev–Trinajstić information content (AvgIpc) is 2.10. The monoisotopic (exact) mass is 257 g/mol. The van der Waals surface area contributed by atoms with E-state index in [1.165, 1.54) is 5.56 Å². The van der Waals surface area contributed by atoms with E-state index in [9.17, 15) is 0 Å². The van der Waals surface area contributed by atoms with Gasteiger partial charge in [0.25, 0.3) is 0 Å². The number of hydrogen-bond donors (Lipinski definition) is 0. The average molecular weight is 258 g/mol. The highest BCUT2D eigenvalue weighted by atomic mass is 79.9. The largest absolute Gasteiger partial charge is 0.491 e. The van der Waals surface area contributed by atoms with Crippen LogP contribution in [0.25, 0.3) is 0 Å². The number of halogens is 1. The Hall–Kier alpha value is -0.540. The van der Waals surface area contributed by atoms with Crippen LogP contribution in [-0.2, 0) is 0 Å². The molecule has 78 valence electrons. The van der Waals surface area contributed by atoms with Crippen molar-refractivity contribution in [2.24, 2.45) is 0 Å². The lowest BCUT2D eigenvalue weighted by atomic mass is 10.2. The van der Waals surface area contributed by atoms with E-state index in [1.807, 2.05) is 26.2 Å². The summed E-state index contributed by atoms with van der Waals surface area (Å²) in [6.45, 7) is 3.71. The first-order valence-electron chi connectivity index (χ1n) is 4.63. The van der Waals surface area contributed by atoms with Crippen molar-refractivity contribution in [2.75, 3.05) is 27.2 Å². The minimum atomic E-state index is 0.717. The Morgan fingerprint density at radius 3 is 2.71 bits per heavy atom. The molecule has 0 atom stereocenters. The van der Waals surface area contributed by atoms with Crippen LogP contribution < -0.4 is 4.74 Å². The van der Waals surface area contributed by atoms with Crippen LogP contribution in [0.3, 0.4) is 0 Å². The number of hydrogen-bond acceptors (Lipinski definition) is 2. The Bertz CT molecular complexity index is 299. The van der Waals surface area contributed by atoms with Gasteiger partial charge in [-0.1, -0.05) is 6.07 Å². The molecule has 0 radical (unpaired) electrons. The van der Waals surface area contributed by atoms with E-state index >= 15 is 0 Å². The fraction of sp³-hybridized carbons (Fsp3) is 0.455. The molecule has 14 heavy (non-hydrogen) atoms. The zero-order chi connectivity index (χ0) is 10.6. The van der Waals surface area contributed by atoms with Gasteiger partial charge >= 0.3 is 0 Å². The predicted octanol–water partition coefficient (Wildman–Crippen LogP) is 2.70. The fourth-order valence-electron chi connectivity index (χ4n) is 1.06. The lowest BCUT2D eigenvalue weighted by molar-refractivity contribution is 0.260. The third-order valence-electron chi connectivity index (χ3n) is 1.88. The number of ether oxygens (including phenoxy) is 1.